The molecule has 1 N–H and O–H groups in total. The van der Waals surface area contributed by atoms with Crippen molar-refractivity contribution in [3.8, 4) is 0 Å². The summed E-state index contributed by atoms with van der Waals surface area (Å²) in [5.41, 5.74) is 0. The van der Waals surface area contributed by atoms with E-state index in [1.165, 1.54) is 0 Å². The highest BCUT2D eigenvalue weighted by Gasteiger charge is 2.14. The van der Waals surface area contributed by atoms with Crippen molar-refractivity contribution < 1.29 is 9.90 Å². The van der Waals surface area contributed by atoms with Crippen LogP contribution < -0.4 is 0 Å². The Morgan fingerprint density at radius 3 is 2.50 bits per heavy atom. The van der Waals surface area contributed by atoms with Crippen LogP contribution >= 0.6 is 0 Å². The lowest BCUT2D eigenvalue weighted by Crippen LogP contribution is -2.34. The summed E-state index contributed by atoms with van der Waals surface area (Å²) < 4.78 is 0. The number of aliphatic hydroxyl groups is 1. The van der Waals surface area contributed by atoms with Gasteiger partial charge in [0.1, 0.15) is 5.78 Å². The van der Waals surface area contributed by atoms with Crippen LogP contribution in [-0.4, -0.2) is 66.6 Å². The molecule has 1 heterocycles. The minimum absolute atomic E-state index is 0.229. The third-order valence-electron chi connectivity index (χ3n) is 2.54. The molecule has 4 heteroatoms. The number of carbonyl (C=O) groups is 1. The van der Waals surface area contributed by atoms with E-state index in [0.29, 0.717) is 6.54 Å². The normalized spacial score (nSPS) is 20.7. The topological polar surface area (TPSA) is 43.8 Å². The van der Waals surface area contributed by atoms with Crippen molar-refractivity contribution in [2.75, 3.05) is 45.9 Å². The molecule has 14 heavy (non-hydrogen) atoms. The maximum atomic E-state index is 10.9. The van der Waals surface area contributed by atoms with E-state index >= 15 is 0 Å². The van der Waals surface area contributed by atoms with Gasteiger partial charge >= 0.3 is 0 Å². The number of nitrogens with zero attached hydrogens (tertiary/aromatic N) is 2. The van der Waals surface area contributed by atoms with Crippen LogP contribution in [0.15, 0.2) is 0 Å². The quantitative estimate of drug-likeness (QED) is 0.669. The Hall–Kier alpha value is -0.450. The Kier molecular flexibility index (Phi) is 5.07. The summed E-state index contributed by atoms with van der Waals surface area (Å²) >= 11 is 0. The van der Waals surface area contributed by atoms with Gasteiger partial charge in [0.25, 0.3) is 0 Å². The monoisotopic (exact) mass is 200 g/mol. The van der Waals surface area contributed by atoms with E-state index in [0.717, 1.165) is 39.1 Å². The van der Waals surface area contributed by atoms with Crippen LogP contribution in [0, 0.1) is 0 Å². The Labute approximate surface area is 85.5 Å². The van der Waals surface area contributed by atoms with Gasteiger partial charge < -0.3 is 5.11 Å². The predicted octanol–water partition coefficient (Wildman–Crippen LogP) is -0.425. The number of ketones is 1. The van der Waals surface area contributed by atoms with Gasteiger partial charge in [-0.3, -0.25) is 14.6 Å². The fourth-order valence-electron chi connectivity index (χ4n) is 1.86. The molecule has 0 amide bonds. The van der Waals surface area contributed by atoms with Crippen LogP contribution in [0.5, 0.6) is 0 Å². The van der Waals surface area contributed by atoms with Crippen LogP contribution in [-0.2, 0) is 4.79 Å². The van der Waals surface area contributed by atoms with Gasteiger partial charge in [-0.1, -0.05) is 0 Å². The molecule has 0 aromatic carbocycles. The largest absolute Gasteiger partial charge is 0.395 e. The zero-order valence-corrected chi connectivity index (χ0v) is 8.91. The molecule has 4 nitrogen and oxygen atoms in total. The molecule has 82 valence electrons. The Morgan fingerprint density at radius 1 is 1.21 bits per heavy atom. The smallest absolute Gasteiger partial charge is 0.143 e. The number of rotatable bonds is 4. The SMILES string of the molecule is CC(=O)CN1CCCN(CCO)CC1. The molecular weight excluding hydrogens is 180 g/mol. The first-order valence-electron chi connectivity index (χ1n) is 5.27. The van der Waals surface area contributed by atoms with Gasteiger partial charge in [-0.15, -0.1) is 0 Å². The molecule has 1 aliphatic heterocycles. The van der Waals surface area contributed by atoms with Gasteiger partial charge in [-0.05, 0) is 26.4 Å². The molecule has 0 aromatic rings. The molecule has 1 fully saturated rings. The highest BCUT2D eigenvalue weighted by Crippen LogP contribution is 2.02. The van der Waals surface area contributed by atoms with Crippen LogP contribution in [0.25, 0.3) is 0 Å². The number of β-amino-alcohol motifs (C(OH)–C–C–N with tert-alkyl or cyclic N) is 1. The fraction of sp³-hybridized carbons (Fsp3) is 0.900. The van der Waals surface area contributed by atoms with E-state index in [1.54, 1.807) is 6.92 Å². The summed E-state index contributed by atoms with van der Waals surface area (Å²) in [4.78, 5) is 15.4. The first kappa shape index (κ1) is 11.6. The van der Waals surface area contributed by atoms with Gasteiger partial charge in [0.05, 0.1) is 13.2 Å². The average Bonchev–Trinajstić information content (AvgIpc) is 2.31. The minimum Gasteiger partial charge on any atom is -0.395 e. The van der Waals surface area contributed by atoms with Crippen LogP contribution in [0.3, 0.4) is 0 Å². The Bertz CT molecular complexity index is 185. The third-order valence-corrected chi connectivity index (χ3v) is 2.54. The Morgan fingerprint density at radius 2 is 1.86 bits per heavy atom. The Balaban J connectivity index is 2.29. The molecule has 0 aromatic heterocycles. The van der Waals surface area contributed by atoms with Gasteiger partial charge in [0, 0.05) is 19.6 Å². The molecule has 0 unspecified atom stereocenters. The summed E-state index contributed by atoms with van der Waals surface area (Å²) in [5.74, 6) is 0.237. The van der Waals surface area contributed by atoms with Crippen molar-refractivity contribution in [1.82, 2.24) is 9.80 Å². The molecule has 1 rings (SSSR count). The highest BCUT2D eigenvalue weighted by molar-refractivity contribution is 5.77. The minimum atomic E-state index is 0.229. The van der Waals surface area contributed by atoms with E-state index < -0.39 is 0 Å². The number of aliphatic hydroxyl groups excluding tert-OH is 1. The second kappa shape index (κ2) is 6.11. The van der Waals surface area contributed by atoms with Gasteiger partial charge in [-0.2, -0.15) is 0 Å². The van der Waals surface area contributed by atoms with Crippen molar-refractivity contribution in [3.05, 3.63) is 0 Å². The molecule has 0 saturated carbocycles. The van der Waals surface area contributed by atoms with Gasteiger partial charge in [0.2, 0.25) is 0 Å². The molecule has 1 saturated heterocycles. The molecule has 0 bridgehead atoms. The summed E-state index contributed by atoms with van der Waals surface area (Å²) in [5, 5.41) is 8.81. The fourth-order valence-corrected chi connectivity index (χ4v) is 1.86. The molecule has 0 atom stereocenters. The van der Waals surface area contributed by atoms with E-state index in [2.05, 4.69) is 9.80 Å². The summed E-state index contributed by atoms with van der Waals surface area (Å²) in [6, 6.07) is 0. The molecule has 0 radical (unpaired) electrons. The van der Waals surface area contributed by atoms with Crippen LogP contribution in [0.1, 0.15) is 13.3 Å². The number of Topliss-reactive ketones (excluding diaryl/α,β-unsaturated/α-hetero) is 1. The van der Waals surface area contributed by atoms with Crippen LogP contribution in [0.2, 0.25) is 0 Å². The average molecular weight is 200 g/mol. The lowest BCUT2D eigenvalue weighted by Gasteiger charge is -2.19. The standard InChI is InChI=1S/C10H20N2O2/c1-10(14)9-12-4-2-3-11(5-6-12)7-8-13/h13H,2-9H2,1H3. The van der Waals surface area contributed by atoms with Crippen molar-refractivity contribution in [2.24, 2.45) is 0 Å². The molecule has 1 aliphatic rings. The second-order valence-electron chi connectivity index (χ2n) is 3.90. The number of hydrogen-bond donors (Lipinski definition) is 1. The highest BCUT2D eigenvalue weighted by atomic mass is 16.3. The maximum Gasteiger partial charge on any atom is 0.143 e. The molecule has 0 aliphatic carbocycles. The van der Waals surface area contributed by atoms with E-state index in [9.17, 15) is 4.79 Å². The lowest BCUT2D eigenvalue weighted by atomic mass is 10.3. The summed E-state index contributed by atoms with van der Waals surface area (Å²) in [6.45, 7) is 7.15. The van der Waals surface area contributed by atoms with Crippen molar-refractivity contribution in [1.29, 1.82) is 0 Å². The second-order valence-corrected chi connectivity index (χ2v) is 3.90. The van der Waals surface area contributed by atoms with E-state index in [4.69, 9.17) is 5.11 Å². The number of carbonyl (C=O) groups excluding carboxylic acids is 1. The third kappa shape index (κ3) is 4.17. The number of hydrogen-bond acceptors (Lipinski definition) is 4. The predicted molar refractivity (Wildman–Crippen MR) is 55.3 cm³/mol. The van der Waals surface area contributed by atoms with E-state index in [-0.39, 0.29) is 12.4 Å². The van der Waals surface area contributed by atoms with Crippen LogP contribution in [0.4, 0.5) is 0 Å². The lowest BCUT2D eigenvalue weighted by molar-refractivity contribution is -0.118. The van der Waals surface area contributed by atoms with E-state index in [1.807, 2.05) is 0 Å². The van der Waals surface area contributed by atoms with Crippen molar-refractivity contribution in [2.45, 2.75) is 13.3 Å². The first-order chi connectivity index (χ1) is 6.72. The van der Waals surface area contributed by atoms with Gasteiger partial charge in [0.15, 0.2) is 0 Å². The summed E-state index contributed by atoms with van der Waals surface area (Å²) in [6.07, 6.45) is 1.09. The summed E-state index contributed by atoms with van der Waals surface area (Å²) in [7, 11) is 0. The molecular formula is C10H20N2O2. The molecule has 0 spiro atoms. The zero-order chi connectivity index (χ0) is 10.4. The van der Waals surface area contributed by atoms with Crippen molar-refractivity contribution in [3.63, 3.8) is 0 Å². The maximum absolute atomic E-state index is 10.9. The van der Waals surface area contributed by atoms with Gasteiger partial charge in [-0.25, -0.2) is 0 Å². The van der Waals surface area contributed by atoms with Crippen molar-refractivity contribution >= 4 is 5.78 Å². The first-order valence-corrected chi connectivity index (χ1v) is 5.27. The zero-order valence-electron chi connectivity index (χ0n) is 8.91.